The van der Waals surface area contributed by atoms with Gasteiger partial charge >= 0.3 is 0 Å². The Morgan fingerprint density at radius 1 is 1.20 bits per heavy atom. The van der Waals surface area contributed by atoms with Crippen LogP contribution in [0.1, 0.15) is 41.4 Å². The minimum atomic E-state index is 0.116. The maximum absolute atomic E-state index is 12.5. The first-order chi connectivity index (χ1) is 12.0. The van der Waals surface area contributed by atoms with Gasteiger partial charge in [-0.15, -0.1) is 0 Å². The number of likely N-dealkylation sites (tertiary alicyclic amines) is 1. The zero-order chi connectivity index (χ0) is 17.8. The van der Waals surface area contributed by atoms with Gasteiger partial charge in [0.1, 0.15) is 0 Å². The van der Waals surface area contributed by atoms with Crippen molar-refractivity contribution >= 4 is 5.91 Å². The van der Waals surface area contributed by atoms with Crippen LogP contribution in [0.3, 0.4) is 0 Å². The summed E-state index contributed by atoms with van der Waals surface area (Å²) in [7, 11) is 3.87. The quantitative estimate of drug-likeness (QED) is 0.841. The maximum atomic E-state index is 12.5. The third kappa shape index (κ3) is 4.45. The van der Waals surface area contributed by atoms with Crippen molar-refractivity contribution in [3.8, 4) is 0 Å². The van der Waals surface area contributed by atoms with Crippen molar-refractivity contribution in [3.63, 3.8) is 0 Å². The van der Waals surface area contributed by atoms with Crippen molar-refractivity contribution in [3.05, 3.63) is 65.0 Å². The second-order valence-electron chi connectivity index (χ2n) is 7.20. The first-order valence-corrected chi connectivity index (χ1v) is 8.98. The molecule has 25 heavy (non-hydrogen) atoms. The van der Waals surface area contributed by atoms with E-state index in [9.17, 15) is 4.79 Å². The Balaban J connectivity index is 1.76. The molecule has 1 aromatic carbocycles. The predicted octanol–water partition coefficient (Wildman–Crippen LogP) is 3.21. The average Bonchev–Trinajstić information content (AvgIpc) is 3.06. The second kappa shape index (κ2) is 7.79. The van der Waals surface area contributed by atoms with Gasteiger partial charge in [0, 0.05) is 18.7 Å². The van der Waals surface area contributed by atoms with Crippen LogP contribution in [0.25, 0.3) is 0 Å². The van der Waals surface area contributed by atoms with Crippen molar-refractivity contribution in [1.29, 1.82) is 0 Å². The van der Waals surface area contributed by atoms with Crippen LogP contribution in [-0.4, -0.2) is 47.9 Å². The molecule has 0 aliphatic carbocycles. The highest BCUT2D eigenvalue weighted by molar-refractivity contribution is 5.79. The Morgan fingerprint density at radius 2 is 1.96 bits per heavy atom. The molecule has 1 saturated heterocycles. The van der Waals surface area contributed by atoms with Crippen LogP contribution in [0.4, 0.5) is 0 Å². The minimum Gasteiger partial charge on any atom is -0.333 e. The molecule has 1 aromatic heterocycles. The van der Waals surface area contributed by atoms with Crippen LogP contribution >= 0.6 is 0 Å². The van der Waals surface area contributed by atoms with Crippen molar-refractivity contribution in [2.75, 3.05) is 27.2 Å². The molecule has 2 aromatic rings. The van der Waals surface area contributed by atoms with E-state index in [4.69, 9.17) is 4.98 Å². The molecular formula is C21H27N3O. The van der Waals surface area contributed by atoms with Gasteiger partial charge < -0.3 is 9.80 Å². The molecule has 1 fully saturated rings. The van der Waals surface area contributed by atoms with E-state index in [1.807, 2.05) is 23.9 Å². The first kappa shape index (κ1) is 17.6. The number of hydrogen-bond acceptors (Lipinski definition) is 3. The summed E-state index contributed by atoms with van der Waals surface area (Å²) in [5.41, 5.74) is 4.62. The zero-order valence-corrected chi connectivity index (χ0v) is 15.4. The molecule has 1 aliphatic heterocycles. The lowest BCUT2D eigenvalue weighted by atomic mass is 10.1. The summed E-state index contributed by atoms with van der Waals surface area (Å²) in [6, 6.07) is 14.9. The van der Waals surface area contributed by atoms with E-state index in [1.165, 1.54) is 11.1 Å². The topological polar surface area (TPSA) is 36.4 Å². The van der Waals surface area contributed by atoms with Crippen LogP contribution < -0.4 is 0 Å². The maximum Gasteiger partial charge on any atom is 0.237 e. The van der Waals surface area contributed by atoms with Gasteiger partial charge in [0.25, 0.3) is 0 Å². The lowest BCUT2D eigenvalue weighted by Gasteiger charge is -2.26. The molecule has 3 rings (SSSR count). The number of aromatic nitrogens is 1. The van der Waals surface area contributed by atoms with Gasteiger partial charge in [-0.3, -0.25) is 9.78 Å². The molecular weight excluding hydrogens is 310 g/mol. The van der Waals surface area contributed by atoms with E-state index >= 15 is 0 Å². The Hall–Kier alpha value is -2.20. The van der Waals surface area contributed by atoms with Crippen molar-refractivity contribution in [1.82, 2.24) is 14.8 Å². The smallest absolute Gasteiger partial charge is 0.237 e. The first-order valence-electron chi connectivity index (χ1n) is 8.98. The molecule has 4 nitrogen and oxygen atoms in total. The lowest BCUT2D eigenvalue weighted by Crippen LogP contribution is -2.37. The SMILES string of the molecule is Cc1ccc(Cc2cccc([C@@H]3CCCN3C(=O)CN(C)C)n2)cc1. The number of pyridine rings is 1. The molecule has 1 amide bonds. The fourth-order valence-corrected chi connectivity index (χ4v) is 3.43. The zero-order valence-electron chi connectivity index (χ0n) is 15.4. The highest BCUT2D eigenvalue weighted by Crippen LogP contribution is 2.31. The fourth-order valence-electron chi connectivity index (χ4n) is 3.43. The summed E-state index contributed by atoms with van der Waals surface area (Å²) < 4.78 is 0. The van der Waals surface area contributed by atoms with E-state index in [1.54, 1.807) is 0 Å². The summed E-state index contributed by atoms with van der Waals surface area (Å²) in [4.78, 5) is 21.3. The highest BCUT2D eigenvalue weighted by atomic mass is 16.2. The molecule has 0 unspecified atom stereocenters. The molecule has 0 radical (unpaired) electrons. The number of likely N-dealkylation sites (N-methyl/N-ethyl adjacent to an activating group) is 1. The average molecular weight is 337 g/mol. The molecule has 0 bridgehead atoms. The predicted molar refractivity (Wildman–Crippen MR) is 100 cm³/mol. The fraction of sp³-hybridized carbons (Fsp3) is 0.429. The Labute approximate surface area is 150 Å². The van der Waals surface area contributed by atoms with Crippen LogP contribution in [0.15, 0.2) is 42.5 Å². The third-order valence-corrected chi connectivity index (χ3v) is 4.70. The van der Waals surface area contributed by atoms with E-state index in [0.717, 1.165) is 37.2 Å². The number of aryl methyl sites for hydroxylation is 1. The monoisotopic (exact) mass is 337 g/mol. The number of hydrogen-bond donors (Lipinski definition) is 0. The van der Waals surface area contributed by atoms with Crippen molar-refractivity contribution in [2.24, 2.45) is 0 Å². The molecule has 0 spiro atoms. The Kier molecular flexibility index (Phi) is 5.49. The van der Waals surface area contributed by atoms with E-state index in [2.05, 4.69) is 49.4 Å². The summed E-state index contributed by atoms with van der Waals surface area (Å²) >= 11 is 0. The minimum absolute atomic E-state index is 0.116. The van der Waals surface area contributed by atoms with Crippen molar-refractivity contribution in [2.45, 2.75) is 32.2 Å². The Bertz CT molecular complexity index is 724. The van der Waals surface area contributed by atoms with Crippen LogP contribution in [0, 0.1) is 6.92 Å². The van der Waals surface area contributed by atoms with Crippen molar-refractivity contribution < 1.29 is 4.79 Å². The van der Waals surface area contributed by atoms with Gasteiger partial charge in [-0.25, -0.2) is 0 Å². The van der Waals surface area contributed by atoms with Gasteiger partial charge in [-0.1, -0.05) is 35.9 Å². The molecule has 1 aliphatic rings. The Morgan fingerprint density at radius 3 is 2.68 bits per heavy atom. The number of benzene rings is 1. The molecule has 1 atom stereocenters. The summed E-state index contributed by atoms with van der Waals surface area (Å²) in [6.07, 6.45) is 2.88. The van der Waals surface area contributed by atoms with Gasteiger partial charge in [-0.05, 0) is 51.6 Å². The molecule has 4 heteroatoms. The second-order valence-corrected chi connectivity index (χ2v) is 7.20. The normalized spacial score (nSPS) is 17.3. The molecule has 2 heterocycles. The van der Waals surface area contributed by atoms with Gasteiger partial charge in [0.15, 0.2) is 0 Å². The van der Waals surface area contributed by atoms with E-state index in [0.29, 0.717) is 6.54 Å². The van der Waals surface area contributed by atoms with Crippen LogP contribution in [0.5, 0.6) is 0 Å². The number of rotatable bonds is 5. The molecule has 132 valence electrons. The summed E-state index contributed by atoms with van der Waals surface area (Å²) in [5, 5.41) is 0. The molecule has 0 saturated carbocycles. The standard InChI is InChI=1S/C21H27N3O/c1-16-9-11-17(12-10-16)14-18-6-4-7-19(22-18)20-8-5-13-24(20)21(25)15-23(2)3/h4,6-7,9-12,20H,5,8,13-15H2,1-3H3/t20-/m0/s1. The lowest BCUT2D eigenvalue weighted by molar-refractivity contribution is -0.132. The number of nitrogens with zero attached hydrogens (tertiary/aromatic N) is 3. The summed E-state index contributed by atoms with van der Waals surface area (Å²) in [6.45, 7) is 3.39. The number of carbonyl (C=O) groups is 1. The van der Waals surface area contributed by atoms with Crippen LogP contribution in [0.2, 0.25) is 0 Å². The largest absolute Gasteiger partial charge is 0.333 e. The number of amides is 1. The third-order valence-electron chi connectivity index (χ3n) is 4.70. The van der Waals surface area contributed by atoms with Gasteiger partial charge in [0.05, 0.1) is 18.3 Å². The van der Waals surface area contributed by atoms with Gasteiger partial charge in [-0.2, -0.15) is 0 Å². The van der Waals surface area contributed by atoms with Gasteiger partial charge in [0.2, 0.25) is 5.91 Å². The number of carbonyl (C=O) groups excluding carboxylic acids is 1. The van der Waals surface area contributed by atoms with E-state index < -0.39 is 0 Å². The van der Waals surface area contributed by atoms with Crippen LogP contribution in [-0.2, 0) is 11.2 Å². The van der Waals surface area contributed by atoms with E-state index in [-0.39, 0.29) is 11.9 Å². The molecule has 0 N–H and O–H groups in total. The highest BCUT2D eigenvalue weighted by Gasteiger charge is 2.30. The summed E-state index contributed by atoms with van der Waals surface area (Å²) in [5.74, 6) is 0.193.